The van der Waals surface area contributed by atoms with Gasteiger partial charge in [-0.1, -0.05) is 18.2 Å². The molecule has 0 spiro atoms. The van der Waals surface area contributed by atoms with Crippen molar-refractivity contribution in [3.63, 3.8) is 0 Å². The van der Waals surface area contributed by atoms with Crippen molar-refractivity contribution in [1.29, 1.82) is 0 Å². The van der Waals surface area contributed by atoms with E-state index in [0.29, 0.717) is 0 Å². The Balaban J connectivity index is 2.49. The lowest BCUT2D eigenvalue weighted by Gasteiger charge is -2.25. The first-order chi connectivity index (χ1) is 8.38. The standard InChI is InChI=1S/C15H15FO2/c1-10(17)18-15(2,3)13-6-4-11-5-7-14(16)9-12(11)8-13/h4-9H,1-3H3. The largest absolute Gasteiger partial charge is 0.455 e. The first kappa shape index (κ1) is 12.6. The zero-order valence-corrected chi connectivity index (χ0v) is 10.7. The second kappa shape index (κ2) is 4.41. The van der Waals surface area contributed by atoms with Gasteiger partial charge in [-0.15, -0.1) is 0 Å². The third-order valence-electron chi connectivity index (χ3n) is 2.90. The van der Waals surface area contributed by atoms with Crippen LogP contribution in [0.1, 0.15) is 26.3 Å². The fraction of sp³-hybridized carbons (Fsp3) is 0.267. The lowest BCUT2D eigenvalue weighted by atomic mass is 9.95. The Labute approximate surface area is 105 Å². The van der Waals surface area contributed by atoms with Gasteiger partial charge in [0, 0.05) is 6.92 Å². The van der Waals surface area contributed by atoms with Crippen LogP contribution in [0.4, 0.5) is 4.39 Å². The molecule has 0 aliphatic rings. The summed E-state index contributed by atoms with van der Waals surface area (Å²) in [6.07, 6.45) is 0. The molecule has 0 N–H and O–H groups in total. The minimum absolute atomic E-state index is 0.273. The van der Waals surface area contributed by atoms with E-state index in [4.69, 9.17) is 4.74 Å². The average molecular weight is 246 g/mol. The molecule has 0 aliphatic carbocycles. The molecule has 0 aromatic heterocycles. The Kier molecular flexibility index (Phi) is 3.07. The lowest BCUT2D eigenvalue weighted by molar-refractivity contribution is -0.154. The first-order valence-corrected chi connectivity index (χ1v) is 5.78. The Morgan fingerprint density at radius 2 is 1.78 bits per heavy atom. The molecule has 2 aromatic carbocycles. The van der Waals surface area contributed by atoms with E-state index in [1.165, 1.54) is 19.1 Å². The van der Waals surface area contributed by atoms with Gasteiger partial charge in [0.2, 0.25) is 0 Å². The van der Waals surface area contributed by atoms with Crippen LogP contribution in [0.25, 0.3) is 10.8 Å². The maximum Gasteiger partial charge on any atom is 0.303 e. The lowest BCUT2D eigenvalue weighted by Crippen LogP contribution is -2.24. The van der Waals surface area contributed by atoms with E-state index in [2.05, 4.69) is 0 Å². The van der Waals surface area contributed by atoms with Crippen molar-refractivity contribution in [2.24, 2.45) is 0 Å². The first-order valence-electron chi connectivity index (χ1n) is 5.78. The number of halogens is 1. The quantitative estimate of drug-likeness (QED) is 0.754. The van der Waals surface area contributed by atoms with Crippen molar-refractivity contribution in [3.05, 3.63) is 47.8 Å². The second-order valence-electron chi connectivity index (χ2n) is 4.81. The van der Waals surface area contributed by atoms with Crippen molar-refractivity contribution >= 4 is 16.7 Å². The van der Waals surface area contributed by atoms with E-state index in [-0.39, 0.29) is 11.8 Å². The zero-order chi connectivity index (χ0) is 13.3. The van der Waals surface area contributed by atoms with Gasteiger partial charge in [0.1, 0.15) is 11.4 Å². The van der Waals surface area contributed by atoms with Gasteiger partial charge in [-0.25, -0.2) is 4.39 Å². The van der Waals surface area contributed by atoms with Crippen molar-refractivity contribution in [2.75, 3.05) is 0 Å². The number of ether oxygens (including phenoxy) is 1. The molecule has 0 saturated carbocycles. The number of benzene rings is 2. The van der Waals surface area contributed by atoms with Crippen LogP contribution >= 0.6 is 0 Å². The molecule has 0 heterocycles. The van der Waals surface area contributed by atoms with E-state index < -0.39 is 5.60 Å². The van der Waals surface area contributed by atoms with E-state index in [1.54, 1.807) is 6.07 Å². The Morgan fingerprint density at radius 1 is 1.11 bits per heavy atom. The molecule has 18 heavy (non-hydrogen) atoms. The minimum atomic E-state index is -0.716. The molecule has 2 aromatic rings. The molecule has 2 nitrogen and oxygen atoms in total. The smallest absolute Gasteiger partial charge is 0.303 e. The molecule has 3 heteroatoms. The molecule has 0 aliphatic heterocycles. The molecular formula is C15H15FO2. The summed E-state index contributed by atoms with van der Waals surface area (Å²) in [7, 11) is 0. The van der Waals surface area contributed by atoms with E-state index >= 15 is 0 Å². The minimum Gasteiger partial charge on any atom is -0.455 e. The third-order valence-corrected chi connectivity index (χ3v) is 2.90. The number of hydrogen-bond donors (Lipinski definition) is 0. The molecule has 0 saturated heterocycles. The van der Waals surface area contributed by atoms with E-state index in [0.717, 1.165) is 16.3 Å². The third kappa shape index (κ3) is 2.50. The fourth-order valence-electron chi connectivity index (χ4n) is 2.01. The summed E-state index contributed by atoms with van der Waals surface area (Å²) in [4.78, 5) is 11.1. The molecule has 2 rings (SSSR count). The highest BCUT2D eigenvalue weighted by Gasteiger charge is 2.23. The van der Waals surface area contributed by atoms with Crippen LogP contribution in [0.5, 0.6) is 0 Å². The second-order valence-corrected chi connectivity index (χ2v) is 4.81. The van der Waals surface area contributed by atoms with Crippen LogP contribution < -0.4 is 0 Å². The highest BCUT2D eigenvalue weighted by atomic mass is 19.1. The van der Waals surface area contributed by atoms with Crippen LogP contribution in [0, 0.1) is 5.82 Å². The molecule has 0 fully saturated rings. The van der Waals surface area contributed by atoms with Crippen molar-refractivity contribution in [3.8, 4) is 0 Å². The topological polar surface area (TPSA) is 26.3 Å². The van der Waals surface area contributed by atoms with Crippen LogP contribution in [0.3, 0.4) is 0 Å². The average Bonchev–Trinajstić information content (AvgIpc) is 2.26. The molecular weight excluding hydrogens is 231 g/mol. The van der Waals surface area contributed by atoms with Gasteiger partial charge < -0.3 is 4.74 Å². The molecule has 0 bridgehead atoms. The summed E-state index contributed by atoms with van der Waals surface area (Å²) in [5.74, 6) is -0.607. The highest BCUT2D eigenvalue weighted by Crippen LogP contribution is 2.28. The van der Waals surface area contributed by atoms with Crippen molar-refractivity contribution in [1.82, 2.24) is 0 Å². The van der Waals surface area contributed by atoms with Gasteiger partial charge in [0.15, 0.2) is 0 Å². The van der Waals surface area contributed by atoms with Crippen LogP contribution in [0.15, 0.2) is 36.4 Å². The summed E-state index contributed by atoms with van der Waals surface area (Å²) >= 11 is 0. The normalized spacial score (nSPS) is 11.6. The number of hydrogen-bond acceptors (Lipinski definition) is 2. The van der Waals surface area contributed by atoms with Crippen LogP contribution in [0.2, 0.25) is 0 Å². The van der Waals surface area contributed by atoms with Crippen molar-refractivity contribution < 1.29 is 13.9 Å². The maximum atomic E-state index is 13.2. The Hall–Kier alpha value is -1.90. The predicted octanol–water partition coefficient (Wildman–Crippen LogP) is 3.78. The molecule has 0 amide bonds. The Bertz CT molecular complexity index is 602. The van der Waals surface area contributed by atoms with Gasteiger partial charge in [0.05, 0.1) is 0 Å². The van der Waals surface area contributed by atoms with E-state index in [9.17, 15) is 9.18 Å². The SMILES string of the molecule is CC(=O)OC(C)(C)c1ccc2ccc(F)cc2c1. The molecule has 94 valence electrons. The zero-order valence-electron chi connectivity index (χ0n) is 10.7. The van der Waals surface area contributed by atoms with Crippen LogP contribution in [-0.4, -0.2) is 5.97 Å². The number of carbonyl (C=O) groups excluding carboxylic acids is 1. The summed E-state index contributed by atoms with van der Waals surface area (Å²) in [6.45, 7) is 5.01. The monoisotopic (exact) mass is 246 g/mol. The van der Waals surface area contributed by atoms with Gasteiger partial charge in [-0.2, -0.15) is 0 Å². The predicted molar refractivity (Wildman–Crippen MR) is 68.7 cm³/mol. The summed E-state index contributed by atoms with van der Waals surface area (Å²) < 4.78 is 18.5. The number of esters is 1. The summed E-state index contributed by atoms with van der Waals surface area (Å²) in [5.41, 5.74) is 0.127. The Morgan fingerprint density at radius 3 is 2.44 bits per heavy atom. The van der Waals surface area contributed by atoms with Crippen molar-refractivity contribution in [2.45, 2.75) is 26.4 Å². The van der Waals surface area contributed by atoms with Gasteiger partial charge in [-0.05, 0) is 48.4 Å². The molecule has 0 atom stereocenters. The van der Waals surface area contributed by atoms with E-state index in [1.807, 2.05) is 32.0 Å². The number of rotatable bonds is 2. The highest BCUT2D eigenvalue weighted by molar-refractivity contribution is 5.83. The van der Waals surface area contributed by atoms with Gasteiger partial charge in [0.25, 0.3) is 0 Å². The summed E-state index contributed by atoms with van der Waals surface area (Å²) in [6, 6.07) is 10.3. The fourth-order valence-corrected chi connectivity index (χ4v) is 2.01. The number of fused-ring (bicyclic) bond motifs is 1. The van der Waals surface area contributed by atoms with Crippen LogP contribution in [-0.2, 0) is 15.1 Å². The maximum absolute atomic E-state index is 13.2. The van der Waals surface area contributed by atoms with Gasteiger partial charge in [-0.3, -0.25) is 4.79 Å². The van der Waals surface area contributed by atoms with Gasteiger partial charge >= 0.3 is 5.97 Å². The molecule has 0 radical (unpaired) electrons. The number of carbonyl (C=O) groups is 1. The summed E-state index contributed by atoms with van der Waals surface area (Å²) in [5, 5.41) is 1.76. The molecule has 0 unspecified atom stereocenters.